The van der Waals surface area contributed by atoms with Crippen molar-refractivity contribution in [3.8, 4) is 0 Å². The monoisotopic (exact) mass is 233 g/mol. The van der Waals surface area contributed by atoms with Gasteiger partial charge < -0.3 is 10.3 Å². The van der Waals surface area contributed by atoms with Gasteiger partial charge in [0.2, 0.25) is 0 Å². The van der Waals surface area contributed by atoms with Gasteiger partial charge in [-0.15, -0.1) is 0 Å². The lowest BCUT2D eigenvalue weighted by Gasteiger charge is -2.07. The van der Waals surface area contributed by atoms with Crippen LogP contribution >= 0.6 is 0 Å². The van der Waals surface area contributed by atoms with Crippen molar-refractivity contribution in [1.29, 1.82) is 0 Å². The van der Waals surface area contributed by atoms with Crippen LogP contribution in [0.3, 0.4) is 0 Å². The second-order valence-electron chi connectivity index (χ2n) is 4.60. The van der Waals surface area contributed by atoms with Crippen molar-refractivity contribution in [3.63, 3.8) is 0 Å². The van der Waals surface area contributed by atoms with E-state index in [1.807, 2.05) is 27.0 Å². The van der Waals surface area contributed by atoms with Gasteiger partial charge in [0.05, 0.1) is 11.0 Å². The second kappa shape index (κ2) is 4.75. The maximum Gasteiger partial charge on any atom is 0.326 e. The number of nitrogens with zero attached hydrogens (tertiary/aromatic N) is 1. The van der Waals surface area contributed by atoms with Crippen molar-refractivity contribution in [2.75, 3.05) is 13.6 Å². The smallest absolute Gasteiger partial charge is 0.319 e. The molecular weight excluding hydrogens is 214 g/mol. The number of aromatic amines is 1. The van der Waals surface area contributed by atoms with E-state index in [9.17, 15) is 4.79 Å². The van der Waals surface area contributed by atoms with Crippen molar-refractivity contribution in [3.05, 3.63) is 34.2 Å². The van der Waals surface area contributed by atoms with Gasteiger partial charge >= 0.3 is 5.69 Å². The molecule has 92 valence electrons. The summed E-state index contributed by atoms with van der Waals surface area (Å²) < 4.78 is 1.79. The fourth-order valence-electron chi connectivity index (χ4n) is 2.12. The molecule has 2 N–H and O–H groups in total. The first kappa shape index (κ1) is 11.9. The highest BCUT2D eigenvalue weighted by Crippen LogP contribution is 2.16. The van der Waals surface area contributed by atoms with Gasteiger partial charge in [0.25, 0.3) is 0 Å². The third-order valence-electron chi connectivity index (χ3n) is 2.96. The molecule has 0 aliphatic carbocycles. The lowest BCUT2D eigenvalue weighted by atomic mass is 10.1. The number of hydrogen-bond donors (Lipinski definition) is 2. The summed E-state index contributed by atoms with van der Waals surface area (Å²) in [6.45, 7) is 4.98. The molecule has 17 heavy (non-hydrogen) atoms. The number of likely N-dealkylation sites (N-methyl/N-ethyl adjacent to an activating group) is 1. The molecule has 0 saturated carbocycles. The molecule has 4 heteroatoms. The second-order valence-corrected chi connectivity index (χ2v) is 4.60. The maximum atomic E-state index is 11.8. The number of aromatic nitrogens is 2. The van der Waals surface area contributed by atoms with Crippen LogP contribution in [0.15, 0.2) is 23.0 Å². The van der Waals surface area contributed by atoms with Gasteiger partial charge in [-0.25, -0.2) is 4.79 Å². The summed E-state index contributed by atoms with van der Waals surface area (Å²) in [5.41, 5.74) is 3.13. The molecule has 0 amide bonds. The fraction of sp³-hybridized carbons (Fsp3) is 0.462. The molecule has 0 atom stereocenters. The van der Waals surface area contributed by atoms with Crippen LogP contribution in [0.2, 0.25) is 0 Å². The Morgan fingerprint density at radius 3 is 2.82 bits per heavy atom. The number of fused-ring (bicyclic) bond motifs is 1. The van der Waals surface area contributed by atoms with E-state index in [4.69, 9.17) is 0 Å². The Balaban J connectivity index is 2.46. The van der Waals surface area contributed by atoms with Crippen molar-refractivity contribution in [2.24, 2.45) is 0 Å². The third-order valence-corrected chi connectivity index (χ3v) is 2.96. The van der Waals surface area contributed by atoms with Gasteiger partial charge in [0, 0.05) is 6.04 Å². The van der Waals surface area contributed by atoms with Gasteiger partial charge in [-0.1, -0.05) is 6.07 Å². The van der Waals surface area contributed by atoms with E-state index in [0.717, 1.165) is 24.0 Å². The van der Waals surface area contributed by atoms with Gasteiger partial charge in [0.1, 0.15) is 0 Å². The molecule has 0 spiro atoms. The highest BCUT2D eigenvalue weighted by atomic mass is 16.1. The minimum Gasteiger partial charge on any atom is -0.319 e. The number of hydrogen-bond acceptors (Lipinski definition) is 2. The summed E-state index contributed by atoms with van der Waals surface area (Å²) in [4.78, 5) is 14.7. The molecule has 1 heterocycles. The van der Waals surface area contributed by atoms with Gasteiger partial charge in [-0.2, -0.15) is 0 Å². The summed E-state index contributed by atoms with van der Waals surface area (Å²) in [6, 6.07) is 6.36. The largest absolute Gasteiger partial charge is 0.326 e. The molecule has 0 aliphatic rings. The van der Waals surface area contributed by atoms with Gasteiger partial charge in [0.15, 0.2) is 0 Å². The zero-order valence-electron chi connectivity index (χ0n) is 10.6. The van der Waals surface area contributed by atoms with E-state index in [2.05, 4.69) is 22.4 Å². The van der Waals surface area contributed by atoms with Gasteiger partial charge in [-0.05, 0) is 51.6 Å². The molecule has 0 unspecified atom stereocenters. The third kappa shape index (κ3) is 2.26. The van der Waals surface area contributed by atoms with Crippen molar-refractivity contribution >= 4 is 11.0 Å². The predicted molar refractivity (Wildman–Crippen MR) is 70.6 cm³/mol. The first-order valence-corrected chi connectivity index (χ1v) is 6.01. The average Bonchev–Trinajstić information content (AvgIpc) is 2.61. The number of H-pyrrole nitrogens is 1. The Morgan fingerprint density at radius 2 is 2.18 bits per heavy atom. The zero-order valence-corrected chi connectivity index (χ0v) is 10.6. The minimum absolute atomic E-state index is 0.0271. The quantitative estimate of drug-likeness (QED) is 0.844. The van der Waals surface area contributed by atoms with E-state index >= 15 is 0 Å². The summed E-state index contributed by atoms with van der Waals surface area (Å²) in [6.07, 6.45) is 0.974. The Morgan fingerprint density at radius 1 is 1.41 bits per heavy atom. The molecule has 2 rings (SSSR count). The van der Waals surface area contributed by atoms with E-state index in [1.165, 1.54) is 5.56 Å². The fourth-order valence-corrected chi connectivity index (χ4v) is 2.12. The number of nitrogens with one attached hydrogen (secondary N) is 2. The average molecular weight is 233 g/mol. The zero-order chi connectivity index (χ0) is 12.4. The van der Waals surface area contributed by atoms with E-state index < -0.39 is 0 Å². The Labute approximate surface area is 101 Å². The standard InChI is InChI=1S/C13H19N3O/c1-9(2)16-12-5-4-10(6-7-14-3)8-11(12)15-13(16)17/h4-5,8-9,14H,6-7H2,1-3H3,(H,15,17). The molecule has 0 fully saturated rings. The molecule has 0 aliphatic heterocycles. The van der Waals surface area contributed by atoms with Crippen LogP contribution in [0, 0.1) is 0 Å². The SMILES string of the molecule is CNCCc1ccc2c(c1)[nH]c(=O)n2C(C)C. The molecule has 0 radical (unpaired) electrons. The Bertz CT molecular complexity index is 566. The van der Waals surface area contributed by atoms with Crippen LogP contribution in [0.4, 0.5) is 0 Å². The summed E-state index contributed by atoms with van der Waals surface area (Å²) in [7, 11) is 1.94. The highest BCUT2D eigenvalue weighted by molar-refractivity contribution is 5.76. The predicted octanol–water partition coefficient (Wildman–Crippen LogP) is 1.67. The molecule has 0 saturated heterocycles. The summed E-state index contributed by atoms with van der Waals surface area (Å²) >= 11 is 0. The molecular formula is C13H19N3O. The lowest BCUT2D eigenvalue weighted by Crippen LogP contribution is -2.18. The van der Waals surface area contributed by atoms with Crippen LogP contribution in [0.25, 0.3) is 11.0 Å². The Kier molecular flexibility index (Phi) is 3.33. The van der Waals surface area contributed by atoms with Crippen molar-refractivity contribution in [2.45, 2.75) is 26.3 Å². The number of rotatable bonds is 4. The first-order valence-electron chi connectivity index (χ1n) is 6.01. The highest BCUT2D eigenvalue weighted by Gasteiger charge is 2.09. The van der Waals surface area contributed by atoms with Gasteiger partial charge in [-0.3, -0.25) is 4.57 Å². The van der Waals surface area contributed by atoms with Crippen LogP contribution in [-0.2, 0) is 6.42 Å². The van der Waals surface area contributed by atoms with Crippen LogP contribution in [0.1, 0.15) is 25.5 Å². The van der Waals surface area contributed by atoms with E-state index in [1.54, 1.807) is 4.57 Å². The molecule has 1 aromatic carbocycles. The summed E-state index contributed by atoms with van der Waals surface area (Å²) in [5.74, 6) is 0. The Hall–Kier alpha value is -1.55. The summed E-state index contributed by atoms with van der Waals surface area (Å²) in [5, 5.41) is 3.12. The molecule has 0 bridgehead atoms. The number of imidazole rings is 1. The topological polar surface area (TPSA) is 49.8 Å². The van der Waals surface area contributed by atoms with Crippen LogP contribution in [-0.4, -0.2) is 23.1 Å². The van der Waals surface area contributed by atoms with Crippen LogP contribution in [0.5, 0.6) is 0 Å². The number of benzene rings is 1. The molecule has 2 aromatic rings. The van der Waals surface area contributed by atoms with E-state index in [-0.39, 0.29) is 11.7 Å². The van der Waals surface area contributed by atoms with Crippen LogP contribution < -0.4 is 11.0 Å². The molecule has 4 nitrogen and oxygen atoms in total. The lowest BCUT2D eigenvalue weighted by molar-refractivity contribution is 0.598. The minimum atomic E-state index is -0.0271. The molecule has 1 aromatic heterocycles. The maximum absolute atomic E-state index is 11.8. The van der Waals surface area contributed by atoms with E-state index in [0.29, 0.717) is 0 Å². The first-order chi connectivity index (χ1) is 8.13. The normalized spacial score (nSPS) is 11.5. The van der Waals surface area contributed by atoms with Crippen molar-refractivity contribution < 1.29 is 0 Å². The van der Waals surface area contributed by atoms with Crippen molar-refractivity contribution in [1.82, 2.24) is 14.9 Å².